The van der Waals surface area contributed by atoms with Gasteiger partial charge in [-0.25, -0.2) is 16.8 Å². The molecule has 2 aromatic carbocycles. The van der Waals surface area contributed by atoms with Gasteiger partial charge in [-0.3, -0.25) is 4.79 Å². The molecule has 0 aromatic heterocycles. The third kappa shape index (κ3) is 5.03. The number of hydrogen-bond donors (Lipinski definition) is 1. The van der Waals surface area contributed by atoms with Gasteiger partial charge < -0.3 is 5.32 Å². The van der Waals surface area contributed by atoms with Crippen LogP contribution in [0.5, 0.6) is 0 Å². The molecule has 30 heavy (non-hydrogen) atoms. The number of aryl methyl sites for hydroxylation is 1. The number of hydrogen-bond acceptors (Lipinski definition) is 5. The second-order valence-electron chi connectivity index (χ2n) is 7.38. The van der Waals surface area contributed by atoms with Crippen molar-refractivity contribution in [2.75, 3.05) is 19.3 Å². The third-order valence-electron chi connectivity index (χ3n) is 5.06. The highest BCUT2D eigenvalue weighted by Gasteiger charge is 2.30. The highest BCUT2D eigenvalue weighted by Crippen LogP contribution is 2.23. The van der Waals surface area contributed by atoms with Crippen LogP contribution in [0, 0.1) is 6.92 Å². The van der Waals surface area contributed by atoms with E-state index in [9.17, 15) is 21.6 Å². The Morgan fingerprint density at radius 3 is 2.13 bits per heavy atom. The molecule has 10 heteroatoms. The van der Waals surface area contributed by atoms with Crippen LogP contribution < -0.4 is 5.32 Å². The zero-order valence-electron chi connectivity index (χ0n) is 16.6. The number of sulfonamides is 1. The summed E-state index contributed by atoms with van der Waals surface area (Å²) < 4.78 is 50.5. The van der Waals surface area contributed by atoms with Crippen molar-refractivity contribution in [2.45, 2.75) is 35.6 Å². The quantitative estimate of drug-likeness (QED) is 0.723. The van der Waals surface area contributed by atoms with E-state index in [0.717, 1.165) is 11.8 Å². The molecule has 1 saturated heterocycles. The normalized spacial score (nSPS) is 16.4. The van der Waals surface area contributed by atoms with Crippen LogP contribution in [0.2, 0.25) is 5.02 Å². The summed E-state index contributed by atoms with van der Waals surface area (Å²) in [7, 11) is -7.05. The van der Waals surface area contributed by atoms with Crippen LogP contribution in [0.3, 0.4) is 0 Å². The van der Waals surface area contributed by atoms with E-state index in [1.165, 1.54) is 22.5 Å². The average Bonchev–Trinajstić information content (AvgIpc) is 2.68. The fourth-order valence-electron chi connectivity index (χ4n) is 3.27. The smallest absolute Gasteiger partial charge is 0.253 e. The monoisotopic (exact) mass is 470 g/mol. The first kappa shape index (κ1) is 22.7. The second kappa shape index (κ2) is 8.66. The minimum Gasteiger partial charge on any atom is -0.349 e. The highest BCUT2D eigenvalue weighted by molar-refractivity contribution is 7.90. The lowest BCUT2D eigenvalue weighted by Gasteiger charge is -2.31. The fraction of sp³-hybridized carbons (Fsp3) is 0.350. The van der Waals surface area contributed by atoms with Crippen molar-refractivity contribution in [3.8, 4) is 0 Å². The first-order chi connectivity index (χ1) is 14.0. The van der Waals surface area contributed by atoms with E-state index in [1.54, 1.807) is 24.3 Å². The van der Waals surface area contributed by atoms with Crippen molar-refractivity contribution in [1.82, 2.24) is 9.62 Å². The minimum atomic E-state index is -3.58. The Bertz CT molecular complexity index is 1150. The first-order valence-electron chi connectivity index (χ1n) is 9.36. The van der Waals surface area contributed by atoms with Gasteiger partial charge in [-0.2, -0.15) is 4.31 Å². The van der Waals surface area contributed by atoms with Gasteiger partial charge in [-0.05, 0) is 50.1 Å². The molecular weight excluding hydrogens is 448 g/mol. The van der Waals surface area contributed by atoms with Gasteiger partial charge in [0.25, 0.3) is 5.91 Å². The van der Waals surface area contributed by atoms with E-state index in [1.807, 2.05) is 6.92 Å². The molecule has 1 N–H and O–H groups in total. The van der Waals surface area contributed by atoms with Gasteiger partial charge in [0.2, 0.25) is 10.0 Å². The molecule has 1 fully saturated rings. The lowest BCUT2D eigenvalue weighted by molar-refractivity contribution is 0.0923. The Kier molecular flexibility index (Phi) is 6.57. The van der Waals surface area contributed by atoms with Gasteiger partial charge in [0.05, 0.1) is 20.4 Å². The van der Waals surface area contributed by atoms with Gasteiger partial charge in [0, 0.05) is 25.4 Å². The van der Waals surface area contributed by atoms with E-state index in [4.69, 9.17) is 11.6 Å². The molecule has 2 aromatic rings. The van der Waals surface area contributed by atoms with Crippen LogP contribution in [0.1, 0.15) is 28.8 Å². The summed E-state index contributed by atoms with van der Waals surface area (Å²) in [6.45, 7) is 2.44. The summed E-state index contributed by atoms with van der Waals surface area (Å²) >= 11 is 6.08. The lowest BCUT2D eigenvalue weighted by Crippen LogP contribution is -2.46. The van der Waals surface area contributed by atoms with E-state index >= 15 is 0 Å². The Morgan fingerprint density at radius 1 is 1.00 bits per heavy atom. The van der Waals surface area contributed by atoms with Gasteiger partial charge >= 0.3 is 0 Å². The number of carbonyl (C=O) groups is 1. The Labute approximate surface area is 182 Å². The van der Waals surface area contributed by atoms with Crippen molar-refractivity contribution in [2.24, 2.45) is 0 Å². The summed E-state index contributed by atoms with van der Waals surface area (Å²) in [4.78, 5) is 12.9. The highest BCUT2D eigenvalue weighted by atomic mass is 35.5. The predicted molar refractivity (Wildman–Crippen MR) is 115 cm³/mol. The molecule has 1 heterocycles. The molecule has 0 aliphatic carbocycles. The first-order valence-corrected chi connectivity index (χ1v) is 13.1. The molecule has 0 spiro atoms. The maximum absolute atomic E-state index is 12.8. The van der Waals surface area contributed by atoms with E-state index in [-0.39, 0.29) is 39.5 Å². The number of benzene rings is 2. The molecular formula is C20H23ClN2O5S2. The molecule has 0 unspecified atom stereocenters. The second-order valence-corrected chi connectivity index (χ2v) is 11.7. The van der Waals surface area contributed by atoms with Gasteiger partial charge in [0.1, 0.15) is 0 Å². The van der Waals surface area contributed by atoms with Crippen molar-refractivity contribution in [3.63, 3.8) is 0 Å². The van der Waals surface area contributed by atoms with Crippen molar-refractivity contribution < 1.29 is 21.6 Å². The molecule has 1 aliphatic heterocycles. The minimum absolute atomic E-state index is 0.0102. The average molecular weight is 471 g/mol. The lowest BCUT2D eigenvalue weighted by atomic mass is 10.1. The summed E-state index contributed by atoms with van der Waals surface area (Å²) in [5.74, 6) is -0.481. The number of nitrogens with zero attached hydrogens (tertiary/aromatic N) is 1. The van der Waals surface area contributed by atoms with Crippen LogP contribution in [0.15, 0.2) is 52.3 Å². The maximum Gasteiger partial charge on any atom is 0.253 e. The number of amides is 1. The number of carbonyl (C=O) groups excluding carboxylic acids is 1. The largest absolute Gasteiger partial charge is 0.349 e. The molecule has 0 bridgehead atoms. The van der Waals surface area contributed by atoms with Crippen LogP contribution in [-0.4, -0.2) is 52.4 Å². The van der Waals surface area contributed by atoms with Gasteiger partial charge in [0.15, 0.2) is 9.84 Å². The Balaban J connectivity index is 1.66. The molecule has 0 radical (unpaired) electrons. The van der Waals surface area contributed by atoms with E-state index in [2.05, 4.69) is 5.32 Å². The maximum atomic E-state index is 12.8. The molecule has 7 nitrogen and oxygen atoms in total. The zero-order chi connectivity index (χ0) is 22.1. The summed E-state index contributed by atoms with van der Waals surface area (Å²) in [5, 5.41) is 2.99. The predicted octanol–water partition coefficient (Wildman–Crippen LogP) is 2.64. The molecule has 3 rings (SSSR count). The number of sulfone groups is 1. The summed E-state index contributed by atoms with van der Waals surface area (Å²) in [5.41, 5.74) is 1.06. The molecule has 0 saturated carbocycles. The Morgan fingerprint density at radius 2 is 1.57 bits per heavy atom. The molecule has 1 amide bonds. The molecule has 0 atom stereocenters. The van der Waals surface area contributed by atoms with Crippen LogP contribution >= 0.6 is 11.6 Å². The standard InChI is InChI=1S/C20H23ClN2O5S2/c1-14-3-5-16(6-4-14)30(27,28)23-11-9-15(10-12-23)22-20(24)18-13-17(29(2,25)26)7-8-19(18)21/h3-8,13,15H,9-12H2,1-2H3,(H,22,24). The van der Waals surface area contributed by atoms with Crippen molar-refractivity contribution in [3.05, 3.63) is 58.6 Å². The number of halogens is 1. The third-order valence-corrected chi connectivity index (χ3v) is 8.41. The number of nitrogens with one attached hydrogen (secondary N) is 1. The summed E-state index contributed by atoms with van der Waals surface area (Å²) in [6.07, 6.45) is 1.95. The SMILES string of the molecule is Cc1ccc(S(=O)(=O)N2CCC(NC(=O)c3cc(S(C)(=O)=O)ccc3Cl)CC2)cc1. The molecule has 1 aliphatic rings. The number of piperidine rings is 1. The Hall–Kier alpha value is -1.94. The number of rotatable bonds is 5. The van der Waals surface area contributed by atoms with E-state index < -0.39 is 25.8 Å². The van der Waals surface area contributed by atoms with Gasteiger partial charge in [-0.15, -0.1) is 0 Å². The van der Waals surface area contributed by atoms with Crippen LogP contribution in [-0.2, 0) is 19.9 Å². The molecule has 162 valence electrons. The fourth-order valence-corrected chi connectivity index (χ4v) is 5.59. The van der Waals surface area contributed by atoms with Crippen molar-refractivity contribution >= 4 is 37.4 Å². The topological polar surface area (TPSA) is 101 Å². The van der Waals surface area contributed by atoms with Crippen molar-refractivity contribution in [1.29, 1.82) is 0 Å². The van der Waals surface area contributed by atoms with E-state index in [0.29, 0.717) is 12.8 Å². The zero-order valence-corrected chi connectivity index (χ0v) is 19.0. The van der Waals surface area contributed by atoms with Gasteiger partial charge in [-0.1, -0.05) is 29.3 Å². The summed E-state index contributed by atoms with van der Waals surface area (Å²) in [6, 6.07) is 10.4. The van der Waals surface area contributed by atoms with Crippen LogP contribution in [0.25, 0.3) is 0 Å². The van der Waals surface area contributed by atoms with Crippen LogP contribution in [0.4, 0.5) is 0 Å².